The number of benzene rings is 10. The summed E-state index contributed by atoms with van der Waals surface area (Å²) in [5, 5.41) is 7.03. The molecular formula is C58H38N2O. The second-order valence-corrected chi connectivity index (χ2v) is 15.6. The van der Waals surface area contributed by atoms with E-state index in [4.69, 9.17) is 4.42 Å². The first-order valence-electron chi connectivity index (χ1n) is 20.8. The van der Waals surface area contributed by atoms with Crippen LogP contribution in [0, 0.1) is 0 Å². The maximum absolute atomic E-state index is 6.68. The molecule has 10 aromatic carbocycles. The molecule has 3 heteroatoms. The second-order valence-electron chi connectivity index (χ2n) is 15.6. The van der Waals surface area contributed by atoms with Crippen LogP contribution < -0.4 is 4.90 Å². The quantitative estimate of drug-likeness (QED) is 0.161. The number of hydrogen-bond donors (Lipinski definition) is 0. The van der Waals surface area contributed by atoms with Crippen molar-refractivity contribution in [1.29, 1.82) is 0 Å². The van der Waals surface area contributed by atoms with Crippen LogP contribution in [0.3, 0.4) is 0 Å². The Morgan fingerprint density at radius 3 is 1.64 bits per heavy atom. The van der Waals surface area contributed by atoms with Crippen LogP contribution in [-0.4, -0.2) is 4.57 Å². The largest absolute Gasteiger partial charge is 0.455 e. The first kappa shape index (κ1) is 34.9. The fourth-order valence-electron chi connectivity index (χ4n) is 9.42. The fourth-order valence-corrected chi connectivity index (χ4v) is 9.42. The molecule has 0 N–H and O–H groups in total. The highest BCUT2D eigenvalue weighted by atomic mass is 16.3. The molecule has 61 heavy (non-hydrogen) atoms. The van der Waals surface area contributed by atoms with Gasteiger partial charge in [0.15, 0.2) is 0 Å². The summed E-state index contributed by atoms with van der Waals surface area (Å²) in [6.45, 7) is 0. The average molecular weight is 779 g/mol. The Bertz CT molecular complexity index is 3520. The number of aromatic nitrogens is 1. The Hall–Kier alpha value is -8.14. The monoisotopic (exact) mass is 778 g/mol. The van der Waals surface area contributed by atoms with E-state index in [0.29, 0.717) is 0 Å². The fraction of sp³-hybridized carbons (Fsp3) is 0. The highest BCUT2D eigenvalue weighted by Crippen LogP contribution is 2.46. The zero-order chi connectivity index (χ0) is 40.3. The van der Waals surface area contributed by atoms with Gasteiger partial charge in [-0.05, 0) is 88.3 Å². The Labute approximate surface area is 353 Å². The third-order valence-corrected chi connectivity index (χ3v) is 12.2. The number of nitrogens with zero attached hydrogens (tertiary/aromatic N) is 2. The van der Waals surface area contributed by atoms with Crippen LogP contribution in [0.4, 0.5) is 17.1 Å². The minimum atomic E-state index is 0.878. The number of para-hydroxylation sites is 4. The van der Waals surface area contributed by atoms with Gasteiger partial charge in [0.1, 0.15) is 11.2 Å². The Kier molecular flexibility index (Phi) is 8.17. The molecule has 0 fully saturated rings. The zero-order valence-electron chi connectivity index (χ0n) is 33.2. The van der Waals surface area contributed by atoms with Crippen LogP contribution in [0.5, 0.6) is 0 Å². The van der Waals surface area contributed by atoms with E-state index < -0.39 is 0 Å². The summed E-state index contributed by atoms with van der Waals surface area (Å²) < 4.78 is 9.09. The van der Waals surface area contributed by atoms with Crippen molar-refractivity contribution in [2.75, 3.05) is 4.90 Å². The smallest absolute Gasteiger partial charge is 0.143 e. The van der Waals surface area contributed by atoms with Gasteiger partial charge in [-0.1, -0.05) is 170 Å². The maximum atomic E-state index is 6.68. The summed E-state index contributed by atoms with van der Waals surface area (Å²) in [4.78, 5) is 2.39. The van der Waals surface area contributed by atoms with Gasteiger partial charge in [-0.15, -0.1) is 0 Å². The maximum Gasteiger partial charge on any atom is 0.143 e. The molecule has 0 bridgehead atoms. The van der Waals surface area contributed by atoms with Crippen molar-refractivity contribution in [3.05, 3.63) is 231 Å². The van der Waals surface area contributed by atoms with E-state index in [0.717, 1.165) is 66.8 Å². The summed E-state index contributed by atoms with van der Waals surface area (Å²) >= 11 is 0. The van der Waals surface area contributed by atoms with Gasteiger partial charge in [-0.3, -0.25) is 0 Å². The molecule has 0 unspecified atom stereocenters. The Morgan fingerprint density at radius 2 is 0.902 bits per heavy atom. The van der Waals surface area contributed by atoms with Gasteiger partial charge >= 0.3 is 0 Å². The Morgan fingerprint density at radius 1 is 0.344 bits per heavy atom. The minimum Gasteiger partial charge on any atom is -0.455 e. The molecule has 2 aromatic heterocycles. The van der Waals surface area contributed by atoms with Crippen molar-refractivity contribution in [2.24, 2.45) is 0 Å². The molecule has 0 spiro atoms. The van der Waals surface area contributed by atoms with Crippen molar-refractivity contribution in [1.82, 2.24) is 4.57 Å². The summed E-state index contributed by atoms with van der Waals surface area (Å²) in [6, 6.07) is 82.8. The van der Waals surface area contributed by atoms with E-state index in [1.165, 1.54) is 43.9 Å². The van der Waals surface area contributed by atoms with Gasteiger partial charge < -0.3 is 13.9 Å². The molecule has 0 aliphatic carbocycles. The molecule has 0 atom stereocenters. The van der Waals surface area contributed by atoms with E-state index >= 15 is 0 Å². The molecule has 286 valence electrons. The first-order valence-corrected chi connectivity index (χ1v) is 20.8. The lowest BCUT2D eigenvalue weighted by molar-refractivity contribution is 0.673. The SMILES string of the molecule is c1ccc(-c2ccc(N(c3ccc(-c4ccccc4-n4c5ccccc5c5ccccc54)cc3)c3ccccc3-c3cccc4oc5c6ccccc6ccc5c34)cc2)cc1. The van der Waals surface area contributed by atoms with Crippen LogP contribution >= 0.6 is 0 Å². The molecule has 0 aliphatic heterocycles. The first-order chi connectivity index (χ1) is 30.3. The van der Waals surface area contributed by atoms with Crippen molar-refractivity contribution in [3.63, 3.8) is 0 Å². The zero-order valence-corrected chi connectivity index (χ0v) is 33.2. The van der Waals surface area contributed by atoms with Crippen molar-refractivity contribution < 1.29 is 4.42 Å². The standard InChI is InChI=1S/C58H38N2O/c1-2-15-39(16-3-1)40-29-34-43(35-30-40)59(53-25-11-9-22-49(53)50-23-14-28-56-57(50)51-38-33-41-17-4-5-19-46(41)58(51)61-56)44-36-31-42(32-37-44)45-18-6-10-24-52(45)60-54-26-12-7-20-47(54)48-21-8-13-27-55(48)60/h1-38H. The van der Waals surface area contributed by atoms with Crippen LogP contribution in [0.25, 0.3) is 93.6 Å². The molecule has 0 radical (unpaired) electrons. The molecule has 12 rings (SSSR count). The summed E-state index contributed by atoms with van der Waals surface area (Å²) in [6.07, 6.45) is 0. The molecule has 12 aromatic rings. The third kappa shape index (κ3) is 5.74. The lowest BCUT2D eigenvalue weighted by Gasteiger charge is -2.28. The van der Waals surface area contributed by atoms with Crippen molar-refractivity contribution in [3.8, 4) is 39.1 Å². The molecule has 0 saturated heterocycles. The predicted octanol–water partition coefficient (Wildman–Crippen LogP) is 16.3. The predicted molar refractivity (Wildman–Crippen MR) is 257 cm³/mol. The highest BCUT2D eigenvalue weighted by Gasteiger charge is 2.22. The number of fused-ring (bicyclic) bond motifs is 8. The van der Waals surface area contributed by atoms with E-state index in [-0.39, 0.29) is 0 Å². The van der Waals surface area contributed by atoms with Gasteiger partial charge in [0.25, 0.3) is 0 Å². The Balaban J connectivity index is 1.03. The molecular weight excluding hydrogens is 741 g/mol. The summed E-state index contributed by atoms with van der Waals surface area (Å²) in [5.41, 5.74) is 15.5. The second kappa shape index (κ2) is 14.3. The molecule has 0 aliphatic rings. The van der Waals surface area contributed by atoms with Gasteiger partial charge in [0.2, 0.25) is 0 Å². The average Bonchev–Trinajstić information content (AvgIpc) is 3.89. The number of hydrogen-bond acceptors (Lipinski definition) is 2. The van der Waals surface area contributed by atoms with Gasteiger partial charge in [-0.2, -0.15) is 0 Å². The van der Waals surface area contributed by atoms with Gasteiger partial charge in [-0.25, -0.2) is 0 Å². The van der Waals surface area contributed by atoms with Crippen molar-refractivity contribution in [2.45, 2.75) is 0 Å². The van der Waals surface area contributed by atoms with Crippen molar-refractivity contribution >= 4 is 71.6 Å². The highest BCUT2D eigenvalue weighted by molar-refractivity contribution is 6.20. The van der Waals surface area contributed by atoms with Gasteiger partial charge in [0.05, 0.1) is 22.4 Å². The van der Waals surface area contributed by atoms with E-state index in [2.05, 4.69) is 240 Å². The van der Waals surface area contributed by atoms with Crippen LogP contribution in [-0.2, 0) is 0 Å². The number of furan rings is 1. The van der Waals surface area contributed by atoms with E-state index in [1.54, 1.807) is 0 Å². The van der Waals surface area contributed by atoms with Crippen LogP contribution in [0.2, 0.25) is 0 Å². The molecule has 3 nitrogen and oxygen atoms in total. The molecule has 0 amide bonds. The minimum absolute atomic E-state index is 0.878. The number of anilines is 3. The third-order valence-electron chi connectivity index (χ3n) is 12.2. The number of rotatable bonds is 7. The van der Waals surface area contributed by atoms with Gasteiger partial charge in [0, 0.05) is 49.4 Å². The molecule has 2 heterocycles. The normalized spacial score (nSPS) is 11.6. The summed E-state index contributed by atoms with van der Waals surface area (Å²) in [7, 11) is 0. The van der Waals surface area contributed by atoms with E-state index in [9.17, 15) is 0 Å². The lowest BCUT2D eigenvalue weighted by atomic mass is 9.96. The molecule has 0 saturated carbocycles. The van der Waals surface area contributed by atoms with E-state index in [1.807, 2.05) is 0 Å². The topological polar surface area (TPSA) is 21.3 Å². The van der Waals surface area contributed by atoms with Crippen LogP contribution in [0.15, 0.2) is 235 Å². The summed E-state index contributed by atoms with van der Waals surface area (Å²) in [5.74, 6) is 0. The lowest BCUT2D eigenvalue weighted by Crippen LogP contribution is -2.11. The van der Waals surface area contributed by atoms with Crippen LogP contribution in [0.1, 0.15) is 0 Å².